The minimum Gasteiger partial charge on any atom is -0.489 e. The van der Waals surface area contributed by atoms with Crippen molar-refractivity contribution in [3.05, 3.63) is 57.3 Å². The van der Waals surface area contributed by atoms with Crippen LogP contribution in [0.3, 0.4) is 0 Å². The average Bonchev–Trinajstić information content (AvgIpc) is 2.43. The van der Waals surface area contributed by atoms with Gasteiger partial charge in [0.1, 0.15) is 5.75 Å². The minimum absolute atomic E-state index is 0.0127. The Morgan fingerprint density at radius 3 is 2.67 bits per heavy atom. The molecule has 1 aromatic heterocycles. The number of nitrogens with one attached hydrogen (secondary N) is 1. The van der Waals surface area contributed by atoms with Gasteiger partial charge in [-0.2, -0.15) is 0 Å². The van der Waals surface area contributed by atoms with Crippen LogP contribution < -0.4 is 10.1 Å². The second-order valence-corrected chi connectivity index (χ2v) is 6.30. The van der Waals surface area contributed by atoms with Crippen LogP contribution in [0.4, 0.5) is 0 Å². The second kappa shape index (κ2) is 7.25. The molecular formula is C16H18BrClN2O. The third-order valence-corrected chi connectivity index (χ3v) is 3.95. The summed E-state index contributed by atoms with van der Waals surface area (Å²) < 4.78 is 6.71. The van der Waals surface area contributed by atoms with Crippen LogP contribution in [0.15, 0.2) is 41.1 Å². The lowest BCUT2D eigenvalue weighted by Crippen LogP contribution is -2.18. The smallest absolute Gasteiger partial charge is 0.138 e. The van der Waals surface area contributed by atoms with Gasteiger partial charge >= 0.3 is 0 Å². The fourth-order valence-electron chi connectivity index (χ4n) is 2.17. The van der Waals surface area contributed by atoms with E-state index in [4.69, 9.17) is 16.3 Å². The van der Waals surface area contributed by atoms with Crippen molar-refractivity contribution in [2.45, 2.75) is 26.0 Å². The van der Waals surface area contributed by atoms with Gasteiger partial charge in [0.25, 0.3) is 0 Å². The summed E-state index contributed by atoms with van der Waals surface area (Å²) in [5, 5.41) is 4.00. The summed E-state index contributed by atoms with van der Waals surface area (Å²) in [6, 6.07) is 7.74. The monoisotopic (exact) mass is 368 g/mol. The lowest BCUT2D eigenvalue weighted by atomic mass is 10.0. The van der Waals surface area contributed by atoms with Crippen LogP contribution in [-0.2, 0) is 0 Å². The van der Waals surface area contributed by atoms with E-state index in [1.54, 1.807) is 6.20 Å². The highest BCUT2D eigenvalue weighted by Gasteiger charge is 2.16. The Hall–Kier alpha value is -1.10. The maximum absolute atomic E-state index is 6.12. The fraction of sp³-hybridized carbons (Fsp3) is 0.312. The van der Waals surface area contributed by atoms with Gasteiger partial charge < -0.3 is 10.1 Å². The number of hydrogen-bond acceptors (Lipinski definition) is 3. The van der Waals surface area contributed by atoms with Crippen molar-refractivity contribution in [3.8, 4) is 5.75 Å². The van der Waals surface area contributed by atoms with E-state index in [1.807, 2.05) is 51.4 Å². The Morgan fingerprint density at radius 1 is 1.24 bits per heavy atom. The van der Waals surface area contributed by atoms with Gasteiger partial charge in [0.15, 0.2) is 0 Å². The lowest BCUT2D eigenvalue weighted by Gasteiger charge is -2.20. The van der Waals surface area contributed by atoms with Crippen molar-refractivity contribution in [2.24, 2.45) is 0 Å². The first-order valence-electron chi connectivity index (χ1n) is 6.75. The summed E-state index contributed by atoms with van der Waals surface area (Å²) in [7, 11) is 1.91. The van der Waals surface area contributed by atoms with E-state index in [-0.39, 0.29) is 12.1 Å². The number of aromatic nitrogens is 1. The van der Waals surface area contributed by atoms with Crippen molar-refractivity contribution in [1.29, 1.82) is 0 Å². The summed E-state index contributed by atoms with van der Waals surface area (Å²) in [4.78, 5) is 4.27. The summed E-state index contributed by atoms with van der Waals surface area (Å²) >= 11 is 9.69. The molecule has 5 heteroatoms. The zero-order valence-electron chi connectivity index (χ0n) is 12.2. The molecule has 112 valence electrons. The molecule has 2 rings (SSSR count). The summed E-state index contributed by atoms with van der Waals surface area (Å²) in [6.07, 6.45) is 3.68. The first kappa shape index (κ1) is 16.3. The molecule has 0 bridgehead atoms. The number of benzene rings is 1. The van der Waals surface area contributed by atoms with E-state index < -0.39 is 0 Å². The molecule has 1 heterocycles. The van der Waals surface area contributed by atoms with Crippen LogP contribution in [0.1, 0.15) is 31.0 Å². The standard InChI is InChI=1S/C16H18BrClN2O/c1-10(2)21-13-6-11(8-20-9-13)16(19-3)14-7-12(18)4-5-15(14)17/h4-10,16,19H,1-3H3. The van der Waals surface area contributed by atoms with E-state index in [0.717, 1.165) is 21.3 Å². The van der Waals surface area contributed by atoms with Gasteiger partial charge in [0, 0.05) is 15.7 Å². The number of rotatable bonds is 5. The highest BCUT2D eigenvalue weighted by atomic mass is 79.9. The average molecular weight is 370 g/mol. The van der Waals surface area contributed by atoms with E-state index in [1.165, 1.54) is 0 Å². The molecule has 0 radical (unpaired) electrons. The quantitative estimate of drug-likeness (QED) is 0.837. The van der Waals surface area contributed by atoms with Crippen LogP contribution >= 0.6 is 27.5 Å². The first-order valence-corrected chi connectivity index (χ1v) is 7.92. The number of nitrogens with zero attached hydrogens (tertiary/aromatic N) is 1. The lowest BCUT2D eigenvalue weighted by molar-refractivity contribution is 0.241. The molecule has 2 aromatic rings. The molecule has 1 unspecified atom stereocenters. The Balaban J connectivity index is 2.39. The van der Waals surface area contributed by atoms with Crippen LogP contribution in [-0.4, -0.2) is 18.1 Å². The predicted octanol–water partition coefficient (Wildman–Crippen LogP) is 4.59. The summed E-state index contributed by atoms with van der Waals surface area (Å²) in [6.45, 7) is 3.99. The number of ether oxygens (including phenoxy) is 1. The largest absolute Gasteiger partial charge is 0.489 e. The van der Waals surface area contributed by atoms with Gasteiger partial charge in [-0.15, -0.1) is 0 Å². The van der Waals surface area contributed by atoms with Gasteiger partial charge in [-0.25, -0.2) is 0 Å². The molecule has 0 aliphatic carbocycles. The van der Waals surface area contributed by atoms with Gasteiger partial charge in [0.05, 0.1) is 18.3 Å². The molecule has 0 saturated carbocycles. The fourth-order valence-corrected chi connectivity index (χ4v) is 2.82. The Kier molecular flexibility index (Phi) is 5.62. The molecule has 21 heavy (non-hydrogen) atoms. The van der Waals surface area contributed by atoms with Gasteiger partial charge in [-0.1, -0.05) is 27.5 Å². The number of hydrogen-bond donors (Lipinski definition) is 1. The van der Waals surface area contributed by atoms with Crippen LogP contribution in [0, 0.1) is 0 Å². The highest BCUT2D eigenvalue weighted by molar-refractivity contribution is 9.10. The molecule has 0 aliphatic rings. The molecule has 0 spiro atoms. The molecular weight excluding hydrogens is 352 g/mol. The van der Waals surface area contributed by atoms with Crippen molar-refractivity contribution in [1.82, 2.24) is 10.3 Å². The molecule has 1 atom stereocenters. The van der Waals surface area contributed by atoms with Gasteiger partial charge in [0.2, 0.25) is 0 Å². The van der Waals surface area contributed by atoms with Crippen LogP contribution in [0.2, 0.25) is 5.02 Å². The Bertz CT molecular complexity index is 619. The Morgan fingerprint density at radius 2 is 2.00 bits per heavy atom. The SMILES string of the molecule is CNC(c1cncc(OC(C)C)c1)c1cc(Cl)ccc1Br. The first-order chi connectivity index (χ1) is 10.0. The van der Waals surface area contributed by atoms with Gasteiger partial charge in [-0.3, -0.25) is 4.98 Å². The second-order valence-electron chi connectivity index (χ2n) is 5.01. The molecule has 1 aromatic carbocycles. The topological polar surface area (TPSA) is 34.2 Å². The molecule has 3 nitrogen and oxygen atoms in total. The maximum atomic E-state index is 6.12. The van der Waals surface area contributed by atoms with Crippen molar-refractivity contribution in [3.63, 3.8) is 0 Å². The molecule has 0 aliphatic heterocycles. The third kappa shape index (κ3) is 4.19. The summed E-state index contributed by atoms with van der Waals surface area (Å²) in [5.74, 6) is 0.765. The zero-order valence-corrected chi connectivity index (χ0v) is 14.6. The minimum atomic E-state index is -0.0127. The molecule has 0 fully saturated rings. The number of halogens is 2. The van der Waals surface area contributed by atoms with Gasteiger partial charge in [-0.05, 0) is 56.3 Å². The van der Waals surface area contributed by atoms with E-state index >= 15 is 0 Å². The van der Waals surface area contributed by atoms with Crippen molar-refractivity contribution < 1.29 is 4.74 Å². The zero-order chi connectivity index (χ0) is 15.4. The van der Waals surface area contributed by atoms with E-state index in [0.29, 0.717) is 5.02 Å². The molecule has 0 saturated heterocycles. The molecule has 1 N–H and O–H groups in total. The normalized spacial score (nSPS) is 12.5. The predicted molar refractivity (Wildman–Crippen MR) is 90.1 cm³/mol. The Labute approximate surface area is 138 Å². The maximum Gasteiger partial charge on any atom is 0.138 e. The summed E-state index contributed by atoms with van der Waals surface area (Å²) in [5.41, 5.74) is 2.09. The van der Waals surface area contributed by atoms with E-state index in [9.17, 15) is 0 Å². The van der Waals surface area contributed by atoms with Crippen molar-refractivity contribution >= 4 is 27.5 Å². The highest BCUT2D eigenvalue weighted by Crippen LogP contribution is 2.31. The van der Waals surface area contributed by atoms with Crippen molar-refractivity contribution in [2.75, 3.05) is 7.05 Å². The van der Waals surface area contributed by atoms with Crippen LogP contribution in [0.25, 0.3) is 0 Å². The number of pyridine rings is 1. The van der Waals surface area contributed by atoms with Crippen LogP contribution in [0.5, 0.6) is 5.75 Å². The molecule has 0 amide bonds. The third-order valence-electron chi connectivity index (χ3n) is 3.00. The van der Waals surface area contributed by atoms with E-state index in [2.05, 4.69) is 26.2 Å².